The summed E-state index contributed by atoms with van der Waals surface area (Å²) in [5, 5.41) is 17.7. The lowest BCUT2D eigenvalue weighted by atomic mass is 10.0. The minimum absolute atomic E-state index is 0.00921. The van der Waals surface area contributed by atoms with Crippen LogP contribution >= 0.6 is 0 Å². The molecule has 0 aromatic carbocycles. The van der Waals surface area contributed by atoms with Crippen LogP contribution < -0.4 is 0 Å². The number of rotatable bonds is 4. The predicted molar refractivity (Wildman–Crippen MR) is 52.8 cm³/mol. The number of hydrogen-bond donors (Lipinski definition) is 2. The number of carbonyl (C=O) groups is 1. The molecule has 0 saturated carbocycles. The summed E-state index contributed by atoms with van der Waals surface area (Å²) in [4.78, 5) is 13.4. The van der Waals surface area contributed by atoms with Gasteiger partial charge in [0.05, 0.1) is 12.6 Å². The average molecular weight is 201 g/mol. The summed E-state index contributed by atoms with van der Waals surface area (Å²) in [6, 6.07) is 0.00921. The third-order valence-corrected chi connectivity index (χ3v) is 2.71. The van der Waals surface area contributed by atoms with Crippen molar-refractivity contribution in [1.82, 2.24) is 4.90 Å². The predicted octanol–water partition coefficient (Wildman–Crippen LogP) is 0.132. The maximum Gasteiger partial charge on any atom is 0.222 e. The lowest BCUT2D eigenvalue weighted by Crippen LogP contribution is -2.45. The Morgan fingerprint density at radius 1 is 1.36 bits per heavy atom. The van der Waals surface area contributed by atoms with Gasteiger partial charge in [0.1, 0.15) is 0 Å². The summed E-state index contributed by atoms with van der Waals surface area (Å²) < 4.78 is 0. The van der Waals surface area contributed by atoms with Crippen LogP contribution in [0.4, 0.5) is 0 Å². The molecule has 2 N–H and O–H groups in total. The van der Waals surface area contributed by atoms with Gasteiger partial charge < -0.3 is 15.1 Å². The van der Waals surface area contributed by atoms with Crippen molar-refractivity contribution in [3.05, 3.63) is 0 Å². The number of likely N-dealkylation sites (tertiary alicyclic amines) is 1. The maximum atomic E-state index is 11.6. The van der Waals surface area contributed by atoms with Crippen LogP contribution in [-0.2, 0) is 4.79 Å². The van der Waals surface area contributed by atoms with Crippen molar-refractivity contribution in [2.24, 2.45) is 0 Å². The van der Waals surface area contributed by atoms with Gasteiger partial charge in [-0.05, 0) is 25.7 Å². The van der Waals surface area contributed by atoms with E-state index in [0.717, 1.165) is 25.8 Å². The molecule has 1 fully saturated rings. The van der Waals surface area contributed by atoms with E-state index < -0.39 is 0 Å². The third-order valence-electron chi connectivity index (χ3n) is 2.71. The van der Waals surface area contributed by atoms with Gasteiger partial charge >= 0.3 is 0 Å². The first-order valence-electron chi connectivity index (χ1n) is 5.30. The van der Waals surface area contributed by atoms with Crippen molar-refractivity contribution in [3.63, 3.8) is 0 Å². The maximum absolute atomic E-state index is 11.6. The van der Waals surface area contributed by atoms with Crippen LogP contribution in [0.2, 0.25) is 0 Å². The van der Waals surface area contributed by atoms with Crippen molar-refractivity contribution in [1.29, 1.82) is 0 Å². The van der Waals surface area contributed by atoms with Crippen LogP contribution in [0.5, 0.6) is 0 Å². The molecule has 4 heteroatoms. The number of aliphatic hydroxyl groups excluding tert-OH is 2. The Hall–Kier alpha value is -0.610. The largest absolute Gasteiger partial charge is 0.396 e. The minimum atomic E-state index is 0.00921. The second kappa shape index (κ2) is 5.98. The monoisotopic (exact) mass is 201 g/mol. The van der Waals surface area contributed by atoms with E-state index in [0.29, 0.717) is 12.8 Å². The molecule has 0 radical (unpaired) electrons. The van der Waals surface area contributed by atoms with Gasteiger partial charge in [-0.1, -0.05) is 0 Å². The van der Waals surface area contributed by atoms with Gasteiger partial charge in [0, 0.05) is 19.6 Å². The Labute approximate surface area is 84.5 Å². The lowest BCUT2D eigenvalue weighted by molar-refractivity contribution is -0.136. The van der Waals surface area contributed by atoms with Crippen LogP contribution in [0.15, 0.2) is 0 Å². The summed E-state index contributed by atoms with van der Waals surface area (Å²) in [7, 11) is 0. The van der Waals surface area contributed by atoms with Gasteiger partial charge in [-0.3, -0.25) is 4.79 Å². The highest BCUT2D eigenvalue weighted by Crippen LogP contribution is 2.17. The zero-order valence-electron chi connectivity index (χ0n) is 8.48. The molecule has 0 aromatic rings. The first-order chi connectivity index (χ1) is 6.79. The van der Waals surface area contributed by atoms with E-state index in [1.54, 1.807) is 4.90 Å². The van der Waals surface area contributed by atoms with Gasteiger partial charge in [-0.15, -0.1) is 0 Å². The number of amides is 1. The molecule has 1 heterocycles. The Morgan fingerprint density at radius 2 is 2.14 bits per heavy atom. The van der Waals surface area contributed by atoms with Gasteiger partial charge in [-0.2, -0.15) is 0 Å². The van der Waals surface area contributed by atoms with Crippen molar-refractivity contribution in [2.75, 3.05) is 19.8 Å². The van der Waals surface area contributed by atoms with E-state index in [-0.39, 0.29) is 25.2 Å². The fraction of sp³-hybridized carbons (Fsp3) is 0.900. The molecule has 1 aliphatic heterocycles. The standard InChI is InChI=1S/C10H19NO3/c12-7-3-5-10(14)11-6-2-1-4-9(11)8-13/h9,12-13H,1-8H2. The SMILES string of the molecule is O=C(CCCO)N1CCCCC1CO. The van der Waals surface area contributed by atoms with Crippen LogP contribution in [0.1, 0.15) is 32.1 Å². The van der Waals surface area contributed by atoms with E-state index >= 15 is 0 Å². The number of nitrogens with zero attached hydrogens (tertiary/aromatic N) is 1. The fourth-order valence-corrected chi connectivity index (χ4v) is 1.89. The molecule has 1 aliphatic rings. The Balaban J connectivity index is 2.41. The molecule has 0 aliphatic carbocycles. The van der Waals surface area contributed by atoms with E-state index in [9.17, 15) is 4.79 Å². The number of carbonyl (C=O) groups excluding carboxylic acids is 1. The van der Waals surface area contributed by atoms with Crippen molar-refractivity contribution < 1.29 is 15.0 Å². The summed E-state index contributed by atoms with van der Waals surface area (Å²) in [5.74, 6) is 0.0674. The summed E-state index contributed by atoms with van der Waals surface area (Å²) in [6.07, 6.45) is 3.94. The Morgan fingerprint density at radius 3 is 2.79 bits per heavy atom. The molecule has 14 heavy (non-hydrogen) atoms. The highest BCUT2D eigenvalue weighted by molar-refractivity contribution is 5.76. The molecule has 0 aromatic heterocycles. The molecule has 1 unspecified atom stereocenters. The van der Waals surface area contributed by atoms with Crippen molar-refractivity contribution >= 4 is 5.91 Å². The molecule has 0 spiro atoms. The normalized spacial score (nSPS) is 22.4. The van der Waals surface area contributed by atoms with Crippen molar-refractivity contribution in [3.8, 4) is 0 Å². The zero-order valence-corrected chi connectivity index (χ0v) is 8.48. The van der Waals surface area contributed by atoms with Crippen LogP contribution in [0.3, 0.4) is 0 Å². The highest BCUT2D eigenvalue weighted by atomic mass is 16.3. The molecular weight excluding hydrogens is 182 g/mol. The Kier molecular flexibility index (Phi) is 4.90. The molecule has 1 atom stereocenters. The molecule has 0 bridgehead atoms. The quantitative estimate of drug-likeness (QED) is 0.679. The van der Waals surface area contributed by atoms with Gasteiger partial charge in [-0.25, -0.2) is 0 Å². The number of aliphatic hydroxyl groups is 2. The van der Waals surface area contributed by atoms with E-state index in [1.165, 1.54) is 0 Å². The van der Waals surface area contributed by atoms with E-state index in [1.807, 2.05) is 0 Å². The summed E-state index contributed by atoms with van der Waals surface area (Å²) in [5.41, 5.74) is 0. The second-order valence-corrected chi connectivity index (χ2v) is 3.75. The second-order valence-electron chi connectivity index (χ2n) is 3.75. The Bertz CT molecular complexity index is 184. The first-order valence-corrected chi connectivity index (χ1v) is 5.30. The lowest BCUT2D eigenvalue weighted by Gasteiger charge is -2.34. The van der Waals surface area contributed by atoms with Crippen LogP contribution in [-0.4, -0.2) is 46.8 Å². The van der Waals surface area contributed by atoms with Gasteiger partial charge in [0.15, 0.2) is 0 Å². The average Bonchev–Trinajstić information content (AvgIpc) is 2.25. The summed E-state index contributed by atoms with van der Waals surface area (Å²) >= 11 is 0. The topological polar surface area (TPSA) is 60.8 Å². The van der Waals surface area contributed by atoms with Crippen LogP contribution in [0, 0.1) is 0 Å². The molecule has 1 amide bonds. The zero-order chi connectivity index (χ0) is 10.4. The third kappa shape index (κ3) is 2.96. The smallest absolute Gasteiger partial charge is 0.222 e. The fourth-order valence-electron chi connectivity index (χ4n) is 1.89. The summed E-state index contributed by atoms with van der Waals surface area (Å²) in [6.45, 7) is 0.879. The first kappa shape index (κ1) is 11.5. The highest BCUT2D eigenvalue weighted by Gasteiger charge is 2.25. The minimum Gasteiger partial charge on any atom is -0.396 e. The molecule has 1 rings (SSSR count). The van der Waals surface area contributed by atoms with E-state index in [4.69, 9.17) is 10.2 Å². The molecule has 1 saturated heterocycles. The van der Waals surface area contributed by atoms with E-state index in [2.05, 4.69) is 0 Å². The molecular formula is C10H19NO3. The van der Waals surface area contributed by atoms with Crippen molar-refractivity contribution in [2.45, 2.75) is 38.1 Å². The molecule has 4 nitrogen and oxygen atoms in total. The van der Waals surface area contributed by atoms with Crippen LogP contribution in [0.25, 0.3) is 0 Å². The van der Waals surface area contributed by atoms with Gasteiger partial charge in [0.25, 0.3) is 0 Å². The molecule has 82 valence electrons. The number of piperidine rings is 1. The number of hydrogen-bond acceptors (Lipinski definition) is 3. The van der Waals surface area contributed by atoms with Gasteiger partial charge in [0.2, 0.25) is 5.91 Å².